The van der Waals surface area contributed by atoms with E-state index in [1.165, 1.54) is 0 Å². The number of aromatic carboxylic acids is 1. The third-order valence-corrected chi connectivity index (χ3v) is 4.70. The van der Waals surface area contributed by atoms with E-state index in [0.717, 1.165) is 10.0 Å². The van der Waals surface area contributed by atoms with E-state index in [9.17, 15) is 19.5 Å². The molecule has 0 unspecified atom stereocenters. The number of carbonyl (C=O) groups is 2. The number of aromatic hydroxyl groups is 1. The molecule has 0 spiro atoms. The Hall–Kier alpha value is -3.66. The van der Waals surface area contributed by atoms with Crippen molar-refractivity contribution in [2.45, 2.75) is 6.54 Å². The molecule has 2 amide bonds. The summed E-state index contributed by atoms with van der Waals surface area (Å²) in [5, 5.41) is 24.1. The molecule has 0 bridgehead atoms. The molecule has 1 aromatic heterocycles. The van der Waals surface area contributed by atoms with Crippen molar-refractivity contribution in [2.24, 2.45) is 0 Å². The van der Waals surface area contributed by atoms with E-state index in [1.54, 1.807) is 24.3 Å². The summed E-state index contributed by atoms with van der Waals surface area (Å²) < 4.78 is 0.854. The van der Waals surface area contributed by atoms with Crippen molar-refractivity contribution in [2.75, 3.05) is 5.32 Å². The van der Waals surface area contributed by atoms with E-state index in [0.29, 0.717) is 5.69 Å². The molecule has 29 heavy (non-hydrogen) atoms. The molecular weight excluding hydrogens is 444 g/mol. The van der Waals surface area contributed by atoms with Crippen LogP contribution in [-0.2, 0) is 6.54 Å². The number of hydrogen-bond acceptors (Lipinski definition) is 5. The zero-order valence-electron chi connectivity index (χ0n) is 14.8. The number of nitrogens with zero attached hydrogens (tertiary/aromatic N) is 1. The van der Waals surface area contributed by atoms with Crippen molar-refractivity contribution < 1.29 is 19.8 Å². The molecule has 0 aliphatic carbocycles. The smallest absolute Gasteiger partial charge is 0.358 e. The van der Waals surface area contributed by atoms with Crippen molar-refractivity contribution in [3.63, 3.8) is 0 Å². The van der Waals surface area contributed by atoms with Crippen molar-refractivity contribution in [1.82, 2.24) is 15.3 Å². The fraction of sp³-hybridized carbons (Fsp3) is 0.0526. The zero-order valence-corrected chi connectivity index (χ0v) is 16.4. The molecule has 0 aliphatic heterocycles. The number of rotatable bonds is 5. The number of H-pyrrole nitrogens is 1. The Morgan fingerprint density at radius 2 is 1.79 bits per heavy atom. The van der Waals surface area contributed by atoms with Gasteiger partial charge in [-0.15, -0.1) is 0 Å². The number of para-hydroxylation sites is 1. The molecule has 0 radical (unpaired) electrons. The normalized spacial score (nSPS) is 10.4. The van der Waals surface area contributed by atoms with Crippen molar-refractivity contribution in [3.05, 3.63) is 74.6 Å². The van der Waals surface area contributed by atoms with Crippen LogP contribution in [0.3, 0.4) is 0 Å². The summed E-state index contributed by atoms with van der Waals surface area (Å²) in [6, 6.07) is 13.3. The van der Waals surface area contributed by atoms with Gasteiger partial charge in [-0.25, -0.2) is 14.6 Å². The first-order valence-corrected chi connectivity index (χ1v) is 9.10. The summed E-state index contributed by atoms with van der Waals surface area (Å²) in [5.41, 5.74) is -0.325. The zero-order chi connectivity index (χ0) is 21.0. The Labute approximate surface area is 172 Å². The molecule has 0 atom stereocenters. The SMILES string of the molecule is O=C(NCc1ccccc1Br)Nc1ccccc1-c1nc(C(=O)O)c(O)c(=O)[nH]1. The van der Waals surface area contributed by atoms with Crippen LogP contribution in [0.2, 0.25) is 0 Å². The molecule has 0 aliphatic rings. The number of hydrogen-bond donors (Lipinski definition) is 5. The van der Waals surface area contributed by atoms with Crippen molar-refractivity contribution in [1.29, 1.82) is 0 Å². The summed E-state index contributed by atoms with van der Waals surface area (Å²) in [6.07, 6.45) is 0. The molecule has 0 saturated heterocycles. The average Bonchev–Trinajstić information content (AvgIpc) is 2.69. The monoisotopic (exact) mass is 458 g/mol. The van der Waals surface area contributed by atoms with E-state index in [-0.39, 0.29) is 17.9 Å². The van der Waals surface area contributed by atoms with Gasteiger partial charge in [0.2, 0.25) is 5.75 Å². The second-order valence-electron chi connectivity index (χ2n) is 5.86. The van der Waals surface area contributed by atoms with Crippen LogP contribution in [-0.4, -0.2) is 32.2 Å². The van der Waals surface area contributed by atoms with Gasteiger partial charge in [0.1, 0.15) is 5.82 Å². The first kappa shape index (κ1) is 20.1. The highest BCUT2D eigenvalue weighted by Gasteiger charge is 2.19. The summed E-state index contributed by atoms with van der Waals surface area (Å²) in [6.45, 7) is 0.271. The first-order chi connectivity index (χ1) is 13.9. The minimum atomic E-state index is -1.55. The second kappa shape index (κ2) is 8.57. The predicted molar refractivity (Wildman–Crippen MR) is 109 cm³/mol. The van der Waals surface area contributed by atoms with Crippen LogP contribution < -0.4 is 16.2 Å². The Bertz CT molecular complexity index is 1150. The van der Waals surface area contributed by atoms with Gasteiger partial charge in [-0.3, -0.25) is 4.79 Å². The number of carboxylic acid groups (broad SMARTS) is 1. The third-order valence-electron chi connectivity index (χ3n) is 3.93. The maximum absolute atomic E-state index is 12.3. The lowest BCUT2D eigenvalue weighted by Gasteiger charge is -2.12. The Balaban J connectivity index is 1.84. The fourth-order valence-electron chi connectivity index (χ4n) is 2.53. The highest BCUT2D eigenvalue weighted by molar-refractivity contribution is 9.10. The van der Waals surface area contributed by atoms with Crippen molar-refractivity contribution >= 4 is 33.6 Å². The average molecular weight is 459 g/mol. The number of urea groups is 1. The Morgan fingerprint density at radius 1 is 1.10 bits per heavy atom. The van der Waals surface area contributed by atoms with E-state index in [4.69, 9.17) is 5.11 Å². The summed E-state index contributed by atoms with van der Waals surface area (Å²) in [7, 11) is 0. The number of anilines is 1. The van der Waals surface area contributed by atoms with Gasteiger partial charge in [0.05, 0.1) is 5.69 Å². The van der Waals surface area contributed by atoms with Crippen molar-refractivity contribution in [3.8, 4) is 17.1 Å². The molecule has 0 saturated carbocycles. The van der Waals surface area contributed by atoms with Gasteiger partial charge in [0.15, 0.2) is 5.69 Å². The van der Waals surface area contributed by atoms with E-state index in [2.05, 4.69) is 36.5 Å². The number of aromatic nitrogens is 2. The number of amides is 2. The van der Waals surface area contributed by atoms with E-state index in [1.807, 2.05) is 24.3 Å². The molecule has 0 fully saturated rings. The van der Waals surface area contributed by atoms with Gasteiger partial charge in [0, 0.05) is 16.6 Å². The van der Waals surface area contributed by atoms with Gasteiger partial charge < -0.3 is 25.8 Å². The highest BCUT2D eigenvalue weighted by atomic mass is 79.9. The number of aromatic amines is 1. The lowest BCUT2D eigenvalue weighted by atomic mass is 10.1. The van der Waals surface area contributed by atoms with Crippen LogP contribution in [0.4, 0.5) is 10.5 Å². The largest absolute Gasteiger partial charge is 0.501 e. The van der Waals surface area contributed by atoms with Crippen LogP contribution in [0.5, 0.6) is 5.75 Å². The maximum atomic E-state index is 12.3. The third kappa shape index (κ3) is 4.61. The lowest BCUT2D eigenvalue weighted by molar-refractivity contribution is 0.0686. The first-order valence-electron chi connectivity index (χ1n) is 8.31. The molecule has 1 heterocycles. The molecule has 3 aromatic rings. The second-order valence-corrected chi connectivity index (χ2v) is 6.72. The fourth-order valence-corrected chi connectivity index (χ4v) is 2.95. The van der Waals surface area contributed by atoms with Gasteiger partial charge in [-0.2, -0.15) is 0 Å². The number of halogens is 1. The predicted octanol–water partition coefficient (Wildman–Crippen LogP) is 2.92. The van der Waals surface area contributed by atoms with Gasteiger partial charge in [-0.1, -0.05) is 46.3 Å². The maximum Gasteiger partial charge on any atom is 0.358 e. The number of benzene rings is 2. The van der Waals surface area contributed by atoms with E-state index < -0.39 is 29.0 Å². The summed E-state index contributed by atoms with van der Waals surface area (Å²) in [4.78, 5) is 41.5. The van der Waals surface area contributed by atoms with Crippen LogP contribution >= 0.6 is 15.9 Å². The number of carboxylic acids is 1. The number of carbonyl (C=O) groups excluding carboxylic acids is 1. The topological polar surface area (TPSA) is 144 Å². The molecule has 9 nitrogen and oxygen atoms in total. The molecule has 3 rings (SSSR count). The van der Waals surface area contributed by atoms with E-state index >= 15 is 0 Å². The van der Waals surface area contributed by atoms with Crippen LogP contribution in [0, 0.1) is 0 Å². The van der Waals surface area contributed by atoms with Gasteiger partial charge in [0.25, 0.3) is 5.56 Å². The Morgan fingerprint density at radius 3 is 2.52 bits per heavy atom. The molecule has 2 aromatic carbocycles. The quantitative estimate of drug-likeness (QED) is 0.397. The number of nitrogens with one attached hydrogen (secondary N) is 3. The molecule has 5 N–H and O–H groups in total. The molecule has 10 heteroatoms. The Kier molecular flexibility index (Phi) is 5.93. The molecular formula is C19H15BrN4O5. The molecule has 148 valence electrons. The standard InChI is InChI=1S/C19H15BrN4O5/c20-12-7-3-1-5-10(12)9-21-19(29)22-13-8-4-2-6-11(13)16-23-14(18(27)28)15(25)17(26)24-16/h1-8,25H,9H2,(H,27,28)(H2,21,22,29)(H,23,24,26). The highest BCUT2D eigenvalue weighted by Crippen LogP contribution is 2.25. The minimum absolute atomic E-state index is 0.105. The summed E-state index contributed by atoms with van der Waals surface area (Å²) in [5.74, 6) is -2.64. The van der Waals surface area contributed by atoms with Gasteiger partial charge in [-0.05, 0) is 23.8 Å². The lowest BCUT2D eigenvalue weighted by Crippen LogP contribution is -2.28. The summed E-state index contributed by atoms with van der Waals surface area (Å²) >= 11 is 3.40. The van der Waals surface area contributed by atoms with Crippen LogP contribution in [0.1, 0.15) is 16.1 Å². The minimum Gasteiger partial charge on any atom is -0.501 e. The van der Waals surface area contributed by atoms with Gasteiger partial charge >= 0.3 is 12.0 Å². The van der Waals surface area contributed by atoms with Crippen LogP contribution in [0.15, 0.2) is 57.8 Å². The van der Waals surface area contributed by atoms with Crippen LogP contribution in [0.25, 0.3) is 11.4 Å².